The van der Waals surface area contributed by atoms with E-state index in [1.807, 2.05) is 12.1 Å². The molecule has 0 unspecified atom stereocenters. The summed E-state index contributed by atoms with van der Waals surface area (Å²) in [7, 11) is 0. The largest absolute Gasteiger partial charge is 0.478 e. The molecule has 0 radical (unpaired) electrons. The Hall–Kier alpha value is -1.81. The van der Waals surface area contributed by atoms with Crippen molar-refractivity contribution >= 4 is 16.9 Å². The first kappa shape index (κ1) is 10.7. The monoisotopic (exact) mass is 219 g/mol. The lowest BCUT2D eigenvalue weighted by atomic mass is 10.1. The molecule has 2 N–H and O–H groups in total. The van der Waals surface area contributed by atoms with Gasteiger partial charge < -0.3 is 14.8 Å². The Morgan fingerprint density at radius 2 is 2.12 bits per heavy atom. The molecule has 0 amide bonds. The maximum Gasteiger partial charge on any atom is 0.338 e. The van der Waals surface area contributed by atoms with E-state index in [2.05, 4.69) is 0 Å². The molecule has 2 aromatic rings. The summed E-state index contributed by atoms with van der Waals surface area (Å²) in [5.74, 6) is -0.930. The van der Waals surface area contributed by atoms with Gasteiger partial charge in [-0.1, -0.05) is 12.1 Å². The highest BCUT2D eigenvalue weighted by Gasteiger charge is 2.14. The SMILES string of the molecule is Cc1ccc2ccn(CCO)c2c1C(=O)O. The molecule has 16 heavy (non-hydrogen) atoms. The molecule has 0 spiro atoms. The van der Waals surface area contributed by atoms with Crippen molar-refractivity contribution in [3.63, 3.8) is 0 Å². The van der Waals surface area contributed by atoms with E-state index in [1.165, 1.54) is 0 Å². The van der Waals surface area contributed by atoms with E-state index in [0.717, 1.165) is 10.9 Å². The molecule has 0 aliphatic heterocycles. The molecule has 0 aliphatic rings. The van der Waals surface area contributed by atoms with Crippen molar-refractivity contribution in [2.75, 3.05) is 6.61 Å². The number of aryl methyl sites for hydroxylation is 1. The highest BCUT2D eigenvalue weighted by molar-refractivity contribution is 6.03. The van der Waals surface area contributed by atoms with E-state index in [4.69, 9.17) is 5.11 Å². The normalized spacial score (nSPS) is 10.9. The third kappa shape index (κ3) is 1.57. The average molecular weight is 219 g/mol. The average Bonchev–Trinajstić information content (AvgIpc) is 2.61. The highest BCUT2D eigenvalue weighted by Crippen LogP contribution is 2.23. The van der Waals surface area contributed by atoms with Gasteiger partial charge in [-0.25, -0.2) is 4.79 Å². The van der Waals surface area contributed by atoms with Gasteiger partial charge in [-0.05, 0) is 18.6 Å². The van der Waals surface area contributed by atoms with E-state index in [1.54, 1.807) is 23.8 Å². The number of rotatable bonds is 3. The fraction of sp³-hybridized carbons (Fsp3) is 0.250. The van der Waals surface area contributed by atoms with E-state index < -0.39 is 5.97 Å². The first-order chi connectivity index (χ1) is 7.65. The summed E-state index contributed by atoms with van der Waals surface area (Å²) in [6.07, 6.45) is 1.80. The molecule has 1 aromatic heterocycles. The van der Waals surface area contributed by atoms with Crippen molar-refractivity contribution in [3.05, 3.63) is 35.5 Å². The van der Waals surface area contributed by atoms with Gasteiger partial charge in [0.1, 0.15) is 0 Å². The maximum atomic E-state index is 11.2. The molecular formula is C12H13NO3. The Morgan fingerprint density at radius 1 is 1.38 bits per heavy atom. The summed E-state index contributed by atoms with van der Waals surface area (Å²) in [6, 6.07) is 5.55. The Kier molecular flexibility index (Phi) is 2.66. The van der Waals surface area contributed by atoms with Crippen LogP contribution in [0.2, 0.25) is 0 Å². The molecule has 84 valence electrons. The van der Waals surface area contributed by atoms with Gasteiger partial charge in [-0.15, -0.1) is 0 Å². The van der Waals surface area contributed by atoms with E-state index in [0.29, 0.717) is 17.6 Å². The number of hydrogen-bond acceptors (Lipinski definition) is 2. The van der Waals surface area contributed by atoms with Gasteiger partial charge in [-0.2, -0.15) is 0 Å². The van der Waals surface area contributed by atoms with Crippen LogP contribution in [0.3, 0.4) is 0 Å². The molecule has 2 rings (SSSR count). The maximum absolute atomic E-state index is 11.2. The Balaban J connectivity index is 2.77. The molecule has 4 nitrogen and oxygen atoms in total. The second-order valence-electron chi connectivity index (χ2n) is 3.73. The predicted octanol–water partition coefficient (Wildman–Crippen LogP) is 1.64. The number of aromatic nitrogens is 1. The van der Waals surface area contributed by atoms with E-state index in [-0.39, 0.29) is 6.61 Å². The zero-order chi connectivity index (χ0) is 11.7. The minimum atomic E-state index is -0.930. The van der Waals surface area contributed by atoms with Gasteiger partial charge in [0.15, 0.2) is 0 Å². The van der Waals surface area contributed by atoms with E-state index in [9.17, 15) is 9.90 Å². The zero-order valence-electron chi connectivity index (χ0n) is 8.97. The lowest BCUT2D eigenvalue weighted by Gasteiger charge is -2.08. The van der Waals surface area contributed by atoms with Crippen molar-refractivity contribution in [2.45, 2.75) is 13.5 Å². The summed E-state index contributed by atoms with van der Waals surface area (Å²) in [5.41, 5.74) is 1.73. The number of nitrogens with zero attached hydrogens (tertiary/aromatic N) is 1. The van der Waals surface area contributed by atoms with Crippen LogP contribution in [-0.4, -0.2) is 27.4 Å². The summed E-state index contributed by atoms with van der Waals surface area (Å²) in [6.45, 7) is 2.18. The van der Waals surface area contributed by atoms with Gasteiger partial charge >= 0.3 is 5.97 Å². The fourth-order valence-corrected chi connectivity index (χ4v) is 1.96. The molecule has 0 saturated carbocycles. The van der Waals surface area contributed by atoms with Crippen molar-refractivity contribution in [3.8, 4) is 0 Å². The molecule has 0 atom stereocenters. The number of hydrogen-bond donors (Lipinski definition) is 2. The number of fused-ring (bicyclic) bond motifs is 1. The molecule has 1 heterocycles. The summed E-state index contributed by atoms with van der Waals surface area (Å²) in [5, 5.41) is 19.0. The summed E-state index contributed by atoms with van der Waals surface area (Å²) in [4.78, 5) is 11.2. The Bertz CT molecular complexity index is 542. The van der Waals surface area contributed by atoms with Crippen molar-refractivity contribution < 1.29 is 15.0 Å². The minimum Gasteiger partial charge on any atom is -0.478 e. The second-order valence-corrected chi connectivity index (χ2v) is 3.73. The van der Waals surface area contributed by atoms with Gasteiger partial charge in [0.05, 0.1) is 17.7 Å². The van der Waals surface area contributed by atoms with Gasteiger partial charge in [0, 0.05) is 18.1 Å². The summed E-state index contributed by atoms with van der Waals surface area (Å²) >= 11 is 0. The lowest BCUT2D eigenvalue weighted by Crippen LogP contribution is -2.07. The van der Waals surface area contributed by atoms with Crippen molar-refractivity contribution in [2.24, 2.45) is 0 Å². The third-order valence-electron chi connectivity index (χ3n) is 2.69. The Morgan fingerprint density at radius 3 is 2.75 bits per heavy atom. The van der Waals surface area contributed by atoms with Gasteiger partial charge in [-0.3, -0.25) is 0 Å². The third-order valence-corrected chi connectivity index (χ3v) is 2.69. The van der Waals surface area contributed by atoms with Crippen molar-refractivity contribution in [1.29, 1.82) is 0 Å². The molecule has 0 aliphatic carbocycles. The number of benzene rings is 1. The molecule has 0 fully saturated rings. The standard InChI is InChI=1S/C12H13NO3/c1-8-2-3-9-4-5-13(6-7-14)11(9)10(8)12(15)16/h2-5,14H,6-7H2,1H3,(H,15,16). The topological polar surface area (TPSA) is 62.5 Å². The Labute approximate surface area is 92.7 Å². The number of carboxylic acids is 1. The zero-order valence-corrected chi connectivity index (χ0v) is 8.97. The second kappa shape index (κ2) is 3.98. The number of carboxylic acid groups (broad SMARTS) is 1. The van der Waals surface area contributed by atoms with Gasteiger partial charge in [0.2, 0.25) is 0 Å². The fourth-order valence-electron chi connectivity index (χ4n) is 1.96. The molecule has 0 saturated heterocycles. The minimum absolute atomic E-state index is 0.00319. The predicted molar refractivity (Wildman–Crippen MR) is 60.7 cm³/mol. The highest BCUT2D eigenvalue weighted by atomic mass is 16.4. The summed E-state index contributed by atoms with van der Waals surface area (Å²) < 4.78 is 1.77. The quantitative estimate of drug-likeness (QED) is 0.824. The first-order valence-electron chi connectivity index (χ1n) is 5.07. The number of aliphatic hydroxyl groups is 1. The van der Waals surface area contributed by atoms with Crippen LogP contribution in [0.15, 0.2) is 24.4 Å². The lowest BCUT2D eigenvalue weighted by molar-refractivity contribution is 0.0697. The van der Waals surface area contributed by atoms with E-state index >= 15 is 0 Å². The first-order valence-corrected chi connectivity index (χ1v) is 5.07. The number of aliphatic hydroxyl groups excluding tert-OH is 1. The van der Waals surface area contributed by atoms with Gasteiger partial charge in [0.25, 0.3) is 0 Å². The number of carbonyl (C=O) groups is 1. The van der Waals surface area contributed by atoms with Crippen LogP contribution in [0.5, 0.6) is 0 Å². The van der Waals surface area contributed by atoms with Crippen LogP contribution in [-0.2, 0) is 6.54 Å². The van der Waals surface area contributed by atoms with Crippen LogP contribution in [0.1, 0.15) is 15.9 Å². The molecular weight excluding hydrogens is 206 g/mol. The van der Waals surface area contributed by atoms with Crippen molar-refractivity contribution in [1.82, 2.24) is 4.57 Å². The molecule has 1 aromatic carbocycles. The van der Waals surface area contributed by atoms with Crippen LogP contribution in [0.4, 0.5) is 0 Å². The van der Waals surface area contributed by atoms with Crippen LogP contribution < -0.4 is 0 Å². The molecule has 4 heteroatoms. The molecule has 0 bridgehead atoms. The van der Waals surface area contributed by atoms with Crippen LogP contribution in [0, 0.1) is 6.92 Å². The van der Waals surface area contributed by atoms with Crippen LogP contribution >= 0.6 is 0 Å². The number of aromatic carboxylic acids is 1. The van der Waals surface area contributed by atoms with Crippen LogP contribution in [0.25, 0.3) is 10.9 Å². The smallest absolute Gasteiger partial charge is 0.338 e.